The fourth-order valence-corrected chi connectivity index (χ4v) is 3.76. The molecule has 0 saturated carbocycles. The first kappa shape index (κ1) is 21.0. The van der Waals surface area contributed by atoms with Gasteiger partial charge in [-0.2, -0.15) is 5.26 Å². The number of thioether (sulfide) groups is 1. The van der Waals surface area contributed by atoms with E-state index >= 15 is 0 Å². The molecule has 0 bridgehead atoms. The van der Waals surface area contributed by atoms with Crippen LogP contribution in [0.3, 0.4) is 0 Å². The number of nitriles is 1. The third kappa shape index (κ3) is 5.40. The molecule has 0 spiro atoms. The standard InChI is InChI=1S/C20H20ClN5O2S/c1-13(2)12-26-19(17-4-3-8-28-17)24-25-20(26)29-9-7-18(27)23-15-6-5-14(11-22)16(21)10-15/h3-6,8,10,13H,7,9,12H2,1-2H3,(H,23,27). The summed E-state index contributed by atoms with van der Waals surface area (Å²) in [6.45, 7) is 4.99. The Morgan fingerprint density at radius 3 is 2.86 bits per heavy atom. The molecule has 0 unspecified atom stereocenters. The molecule has 0 aliphatic rings. The molecule has 0 atom stereocenters. The summed E-state index contributed by atoms with van der Waals surface area (Å²) in [6, 6.07) is 10.5. The second-order valence-electron chi connectivity index (χ2n) is 6.74. The summed E-state index contributed by atoms with van der Waals surface area (Å²) in [7, 11) is 0. The van der Waals surface area contributed by atoms with Gasteiger partial charge in [-0.25, -0.2) is 0 Å². The summed E-state index contributed by atoms with van der Waals surface area (Å²) in [5.41, 5.74) is 0.934. The van der Waals surface area contributed by atoms with Gasteiger partial charge in [0.25, 0.3) is 0 Å². The highest BCUT2D eigenvalue weighted by atomic mass is 35.5. The van der Waals surface area contributed by atoms with Crippen molar-refractivity contribution in [1.29, 1.82) is 5.26 Å². The molecule has 0 saturated heterocycles. The number of nitrogens with zero attached hydrogens (tertiary/aromatic N) is 4. The first-order chi connectivity index (χ1) is 14.0. The number of hydrogen-bond donors (Lipinski definition) is 1. The van der Waals surface area contributed by atoms with Crippen LogP contribution < -0.4 is 5.32 Å². The SMILES string of the molecule is CC(C)Cn1c(SCCC(=O)Nc2ccc(C#N)c(Cl)c2)nnc1-c1ccco1. The smallest absolute Gasteiger partial charge is 0.225 e. The van der Waals surface area contributed by atoms with Crippen LogP contribution in [0.5, 0.6) is 0 Å². The average Bonchev–Trinajstić information content (AvgIpc) is 3.32. The Balaban J connectivity index is 1.60. The van der Waals surface area contributed by atoms with E-state index in [1.807, 2.05) is 22.8 Å². The van der Waals surface area contributed by atoms with Gasteiger partial charge >= 0.3 is 0 Å². The Hall–Kier alpha value is -2.76. The maximum absolute atomic E-state index is 12.2. The zero-order chi connectivity index (χ0) is 20.8. The predicted octanol–water partition coefficient (Wildman–Crippen LogP) is 4.84. The Bertz CT molecular complexity index is 1020. The Morgan fingerprint density at radius 2 is 2.21 bits per heavy atom. The van der Waals surface area contributed by atoms with Crippen LogP contribution in [0, 0.1) is 17.2 Å². The highest BCUT2D eigenvalue weighted by Gasteiger charge is 2.17. The summed E-state index contributed by atoms with van der Waals surface area (Å²) in [5, 5.41) is 21.3. The minimum atomic E-state index is -0.139. The van der Waals surface area contributed by atoms with Crippen molar-refractivity contribution in [1.82, 2.24) is 14.8 Å². The lowest BCUT2D eigenvalue weighted by molar-refractivity contribution is -0.115. The van der Waals surface area contributed by atoms with Gasteiger partial charge in [-0.3, -0.25) is 9.36 Å². The van der Waals surface area contributed by atoms with Crippen LogP contribution in [0.25, 0.3) is 11.6 Å². The van der Waals surface area contributed by atoms with Crippen LogP contribution in [0.2, 0.25) is 5.02 Å². The van der Waals surface area contributed by atoms with Crippen molar-refractivity contribution in [3.8, 4) is 17.7 Å². The number of halogens is 1. The minimum Gasteiger partial charge on any atom is -0.461 e. The van der Waals surface area contributed by atoms with Crippen molar-refractivity contribution in [2.75, 3.05) is 11.1 Å². The lowest BCUT2D eigenvalue weighted by Crippen LogP contribution is -2.13. The molecule has 9 heteroatoms. The lowest BCUT2D eigenvalue weighted by Gasteiger charge is -2.11. The zero-order valence-electron chi connectivity index (χ0n) is 16.1. The molecule has 3 rings (SSSR count). The monoisotopic (exact) mass is 429 g/mol. The van der Waals surface area contributed by atoms with E-state index < -0.39 is 0 Å². The van der Waals surface area contributed by atoms with Crippen LogP contribution >= 0.6 is 23.4 Å². The molecule has 7 nitrogen and oxygen atoms in total. The molecule has 1 N–H and O–H groups in total. The highest BCUT2D eigenvalue weighted by Crippen LogP contribution is 2.26. The van der Waals surface area contributed by atoms with Crippen molar-refractivity contribution in [2.45, 2.75) is 32.0 Å². The molecule has 3 aromatic rings. The zero-order valence-corrected chi connectivity index (χ0v) is 17.6. The molecular formula is C20H20ClN5O2S. The molecule has 0 aliphatic carbocycles. The van der Waals surface area contributed by atoms with Gasteiger partial charge in [0, 0.05) is 24.4 Å². The number of hydrogen-bond acceptors (Lipinski definition) is 6. The minimum absolute atomic E-state index is 0.139. The Kier molecular flexibility index (Phi) is 6.96. The number of aromatic nitrogens is 3. The van der Waals surface area contributed by atoms with E-state index in [4.69, 9.17) is 21.3 Å². The molecule has 0 aliphatic heterocycles. The summed E-state index contributed by atoms with van der Waals surface area (Å²) < 4.78 is 7.48. The van der Waals surface area contributed by atoms with Crippen molar-refractivity contribution in [3.05, 3.63) is 47.2 Å². The van der Waals surface area contributed by atoms with E-state index in [-0.39, 0.29) is 5.91 Å². The van der Waals surface area contributed by atoms with Crippen molar-refractivity contribution < 1.29 is 9.21 Å². The first-order valence-electron chi connectivity index (χ1n) is 9.07. The first-order valence-corrected chi connectivity index (χ1v) is 10.4. The van der Waals surface area contributed by atoms with E-state index in [2.05, 4.69) is 29.4 Å². The van der Waals surface area contributed by atoms with E-state index in [0.29, 0.717) is 45.9 Å². The van der Waals surface area contributed by atoms with Gasteiger partial charge in [0.2, 0.25) is 5.91 Å². The molecule has 2 heterocycles. The third-order valence-electron chi connectivity index (χ3n) is 3.94. The maximum atomic E-state index is 12.2. The molecule has 29 heavy (non-hydrogen) atoms. The van der Waals surface area contributed by atoms with E-state index in [0.717, 1.165) is 11.7 Å². The second kappa shape index (κ2) is 9.63. The Labute approximate surface area is 178 Å². The highest BCUT2D eigenvalue weighted by molar-refractivity contribution is 7.99. The number of rotatable bonds is 8. The topological polar surface area (TPSA) is 96.7 Å². The lowest BCUT2D eigenvalue weighted by atomic mass is 10.2. The summed E-state index contributed by atoms with van der Waals surface area (Å²) in [4.78, 5) is 12.2. The van der Waals surface area contributed by atoms with E-state index in [1.165, 1.54) is 11.8 Å². The van der Waals surface area contributed by atoms with E-state index in [1.54, 1.807) is 24.5 Å². The summed E-state index contributed by atoms with van der Waals surface area (Å²) in [6.07, 6.45) is 1.91. The molecule has 2 aromatic heterocycles. The average molecular weight is 430 g/mol. The number of carbonyl (C=O) groups excluding carboxylic acids is 1. The molecular weight excluding hydrogens is 410 g/mol. The van der Waals surface area contributed by atoms with Gasteiger partial charge in [0.1, 0.15) is 6.07 Å². The van der Waals surface area contributed by atoms with Crippen molar-refractivity contribution >= 4 is 35.0 Å². The molecule has 0 fully saturated rings. The summed E-state index contributed by atoms with van der Waals surface area (Å²) in [5.74, 6) is 2.16. The normalized spacial score (nSPS) is 10.9. The summed E-state index contributed by atoms with van der Waals surface area (Å²) >= 11 is 7.47. The van der Waals surface area contributed by atoms with Gasteiger partial charge in [-0.05, 0) is 36.2 Å². The number of benzene rings is 1. The van der Waals surface area contributed by atoms with Gasteiger partial charge in [0.15, 0.2) is 16.7 Å². The van der Waals surface area contributed by atoms with Gasteiger partial charge < -0.3 is 9.73 Å². The number of carbonyl (C=O) groups is 1. The number of nitrogens with one attached hydrogen (secondary N) is 1. The fraction of sp³-hybridized carbons (Fsp3) is 0.300. The van der Waals surface area contributed by atoms with Gasteiger partial charge in [-0.1, -0.05) is 37.2 Å². The quantitative estimate of drug-likeness (QED) is 0.514. The van der Waals surface area contributed by atoms with Crippen molar-refractivity contribution in [3.63, 3.8) is 0 Å². The second-order valence-corrected chi connectivity index (χ2v) is 8.21. The van der Waals surface area contributed by atoms with Crippen LogP contribution in [0.4, 0.5) is 5.69 Å². The third-order valence-corrected chi connectivity index (χ3v) is 5.22. The van der Waals surface area contributed by atoms with Crippen LogP contribution in [0.1, 0.15) is 25.8 Å². The largest absolute Gasteiger partial charge is 0.461 e. The van der Waals surface area contributed by atoms with Crippen molar-refractivity contribution in [2.24, 2.45) is 5.92 Å². The predicted molar refractivity (Wildman–Crippen MR) is 113 cm³/mol. The van der Waals surface area contributed by atoms with Gasteiger partial charge in [0.05, 0.1) is 16.8 Å². The van der Waals surface area contributed by atoms with Gasteiger partial charge in [-0.15, -0.1) is 10.2 Å². The number of anilines is 1. The van der Waals surface area contributed by atoms with Crippen LogP contribution in [-0.4, -0.2) is 26.4 Å². The maximum Gasteiger partial charge on any atom is 0.225 e. The van der Waals surface area contributed by atoms with Crippen LogP contribution in [-0.2, 0) is 11.3 Å². The molecule has 0 radical (unpaired) electrons. The fourth-order valence-electron chi connectivity index (χ4n) is 2.66. The molecule has 150 valence electrons. The van der Waals surface area contributed by atoms with Crippen LogP contribution in [0.15, 0.2) is 46.2 Å². The number of amides is 1. The molecule has 1 aromatic carbocycles. The Morgan fingerprint density at radius 1 is 1.38 bits per heavy atom. The van der Waals surface area contributed by atoms with E-state index in [9.17, 15) is 4.79 Å². The molecule has 1 amide bonds. The number of furan rings is 1.